The number of thioether (sulfide) groups is 1. The Kier molecular flexibility index (Phi) is 3.58. The molecule has 4 rings (SSSR count). The third-order valence-corrected chi connectivity index (χ3v) is 5.31. The Bertz CT molecular complexity index is 1190. The van der Waals surface area contributed by atoms with Crippen molar-refractivity contribution in [3.63, 3.8) is 0 Å². The summed E-state index contributed by atoms with van der Waals surface area (Å²) >= 11 is 1.59. The molecule has 2 aromatic carbocycles. The second-order valence-corrected chi connectivity index (χ2v) is 6.83. The van der Waals surface area contributed by atoms with Crippen LogP contribution >= 0.6 is 11.8 Å². The lowest BCUT2D eigenvalue weighted by Gasteiger charge is -2.12. The van der Waals surface area contributed by atoms with E-state index < -0.39 is 0 Å². The van der Waals surface area contributed by atoms with E-state index in [0.29, 0.717) is 16.7 Å². The second kappa shape index (κ2) is 5.67. The van der Waals surface area contributed by atoms with Gasteiger partial charge in [0.15, 0.2) is 0 Å². The van der Waals surface area contributed by atoms with Crippen LogP contribution in [-0.2, 0) is 14.1 Å². The van der Waals surface area contributed by atoms with Crippen LogP contribution in [0.2, 0.25) is 0 Å². The number of nitrogens with zero attached hydrogens (tertiary/aromatic N) is 3. The number of hydrogen-bond donors (Lipinski definition) is 1. The molecule has 0 saturated carbocycles. The number of pyridine rings is 1. The fraction of sp³-hybridized carbons (Fsp3) is 0.158. The molecule has 2 heterocycles. The molecule has 6 heteroatoms. The number of hydrogen-bond acceptors (Lipinski definition) is 4. The fourth-order valence-electron chi connectivity index (χ4n) is 3.21. The average molecular weight is 351 g/mol. The van der Waals surface area contributed by atoms with Crippen LogP contribution in [0, 0.1) is 0 Å². The van der Waals surface area contributed by atoms with E-state index in [2.05, 4.69) is 4.98 Å². The summed E-state index contributed by atoms with van der Waals surface area (Å²) in [7, 11) is 3.57. The maximum absolute atomic E-state index is 12.9. The van der Waals surface area contributed by atoms with Crippen molar-refractivity contribution in [2.45, 2.75) is 4.90 Å². The lowest BCUT2D eigenvalue weighted by atomic mass is 10.1. The van der Waals surface area contributed by atoms with Crippen molar-refractivity contribution in [1.82, 2.24) is 14.1 Å². The number of aryl methyl sites for hydroxylation is 2. The number of aromatic hydroxyl groups is 1. The van der Waals surface area contributed by atoms with Gasteiger partial charge in [0.2, 0.25) is 0 Å². The number of aromatic nitrogens is 3. The van der Waals surface area contributed by atoms with Crippen LogP contribution in [0.1, 0.15) is 0 Å². The van der Waals surface area contributed by atoms with E-state index in [1.54, 1.807) is 23.4 Å². The molecule has 0 spiro atoms. The molecule has 0 aliphatic carbocycles. The molecule has 0 fully saturated rings. The van der Waals surface area contributed by atoms with Crippen molar-refractivity contribution in [3.8, 4) is 17.1 Å². The van der Waals surface area contributed by atoms with Crippen molar-refractivity contribution < 1.29 is 5.11 Å². The Hall–Kier alpha value is -2.73. The smallest absolute Gasteiger partial charge is 0.265 e. The Morgan fingerprint density at radius 3 is 2.52 bits per heavy atom. The third kappa shape index (κ3) is 2.25. The first-order chi connectivity index (χ1) is 12.0. The number of para-hydroxylation sites is 2. The molecule has 0 bridgehead atoms. The maximum Gasteiger partial charge on any atom is 0.265 e. The SMILES string of the molecule is CSc1ccc2c(c1)c(O)c(-c1nc3ccccc3n1C)c(=O)n2C. The van der Waals surface area contributed by atoms with Crippen molar-refractivity contribution >= 4 is 33.7 Å². The highest BCUT2D eigenvalue weighted by molar-refractivity contribution is 7.98. The monoisotopic (exact) mass is 351 g/mol. The van der Waals surface area contributed by atoms with Gasteiger partial charge in [0.05, 0.1) is 16.6 Å². The summed E-state index contributed by atoms with van der Waals surface area (Å²) in [6.07, 6.45) is 1.98. The summed E-state index contributed by atoms with van der Waals surface area (Å²) < 4.78 is 3.41. The zero-order valence-electron chi connectivity index (χ0n) is 14.1. The summed E-state index contributed by atoms with van der Waals surface area (Å²) in [6.45, 7) is 0. The zero-order valence-corrected chi connectivity index (χ0v) is 15.0. The van der Waals surface area contributed by atoms with Crippen molar-refractivity contribution in [3.05, 3.63) is 52.8 Å². The van der Waals surface area contributed by atoms with Crippen LogP contribution in [0.15, 0.2) is 52.2 Å². The van der Waals surface area contributed by atoms with Crippen molar-refractivity contribution in [2.24, 2.45) is 14.1 Å². The minimum Gasteiger partial charge on any atom is -0.506 e. The van der Waals surface area contributed by atoms with Gasteiger partial charge in [-0.2, -0.15) is 0 Å². The maximum atomic E-state index is 12.9. The van der Waals surface area contributed by atoms with Gasteiger partial charge in [0.1, 0.15) is 17.1 Å². The molecule has 0 atom stereocenters. The molecule has 4 aromatic rings. The normalized spacial score (nSPS) is 11.5. The van der Waals surface area contributed by atoms with Gasteiger partial charge in [-0.25, -0.2) is 4.98 Å². The van der Waals surface area contributed by atoms with Gasteiger partial charge in [0, 0.05) is 24.4 Å². The van der Waals surface area contributed by atoms with E-state index in [1.165, 1.54) is 0 Å². The van der Waals surface area contributed by atoms with E-state index in [4.69, 9.17) is 0 Å². The summed E-state index contributed by atoms with van der Waals surface area (Å²) in [5.74, 6) is 0.447. The Morgan fingerprint density at radius 1 is 1.04 bits per heavy atom. The average Bonchev–Trinajstić information content (AvgIpc) is 2.96. The Morgan fingerprint density at radius 2 is 1.80 bits per heavy atom. The van der Waals surface area contributed by atoms with Crippen LogP contribution in [0.25, 0.3) is 33.3 Å². The van der Waals surface area contributed by atoms with Crippen LogP contribution in [0.4, 0.5) is 0 Å². The van der Waals surface area contributed by atoms with E-state index in [-0.39, 0.29) is 16.9 Å². The standard InChI is InChI=1S/C19H17N3O2S/c1-21-15-7-5-4-6-13(15)20-18(21)16-17(23)12-10-11(25-3)8-9-14(12)22(2)19(16)24/h4-10,23H,1-3H3. The second-order valence-electron chi connectivity index (χ2n) is 5.95. The largest absolute Gasteiger partial charge is 0.506 e. The topological polar surface area (TPSA) is 60.1 Å². The third-order valence-electron chi connectivity index (χ3n) is 4.59. The van der Waals surface area contributed by atoms with Crippen molar-refractivity contribution in [1.29, 1.82) is 0 Å². The lowest BCUT2D eigenvalue weighted by molar-refractivity contribution is 0.481. The number of fused-ring (bicyclic) bond motifs is 2. The van der Waals surface area contributed by atoms with Gasteiger partial charge in [-0.15, -0.1) is 11.8 Å². The van der Waals surface area contributed by atoms with Crippen LogP contribution < -0.4 is 5.56 Å². The van der Waals surface area contributed by atoms with E-state index in [9.17, 15) is 9.90 Å². The first-order valence-electron chi connectivity index (χ1n) is 7.84. The minimum atomic E-state index is -0.264. The number of benzene rings is 2. The molecular weight excluding hydrogens is 334 g/mol. The van der Waals surface area contributed by atoms with Gasteiger partial charge in [-0.1, -0.05) is 12.1 Å². The quantitative estimate of drug-likeness (QED) is 0.561. The molecule has 25 heavy (non-hydrogen) atoms. The summed E-state index contributed by atoms with van der Waals surface area (Å²) in [5.41, 5.74) is 2.37. The number of rotatable bonds is 2. The fourth-order valence-corrected chi connectivity index (χ4v) is 3.65. The molecule has 0 amide bonds. The highest BCUT2D eigenvalue weighted by Gasteiger charge is 2.21. The highest BCUT2D eigenvalue weighted by atomic mass is 32.2. The molecular formula is C19H17N3O2S. The Balaban J connectivity index is 2.13. The predicted molar refractivity (Wildman–Crippen MR) is 102 cm³/mol. The van der Waals surface area contributed by atoms with Crippen LogP contribution in [0.5, 0.6) is 5.75 Å². The predicted octanol–water partition coefficient (Wildman–Crippen LogP) is 3.52. The van der Waals surface area contributed by atoms with E-state index in [1.807, 2.05) is 60.3 Å². The van der Waals surface area contributed by atoms with Gasteiger partial charge in [-0.05, 0) is 36.6 Å². The molecule has 0 unspecified atom stereocenters. The first kappa shape index (κ1) is 15.8. The van der Waals surface area contributed by atoms with Gasteiger partial charge in [0.25, 0.3) is 5.56 Å². The summed E-state index contributed by atoms with van der Waals surface area (Å²) in [6, 6.07) is 13.4. The van der Waals surface area contributed by atoms with E-state index >= 15 is 0 Å². The highest BCUT2D eigenvalue weighted by Crippen LogP contribution is 2.35. The van der Waals surface area contributed by atoms with E-state index in [0.717, 1.165) is 15.9 Å². The molecule has 0 radical (unpaired) electrons. The van der Waals surface area contributed by atoms with Gasteiger partial charge < -0.3 is 14.2 Å². The van der Waals surface area contributed by atoms with Gasteiger partial charge >= 0.3 is 0 Å². The molecule has 0 aliphatic rings. The molecule has 0 saturated heterocycles. The first-order valence-corrected chi connectivity index (χ1v) is 9.07. The minimum absolute atomic E-state index is 0.0209. The summed E-state index contributed by atoms with van der Waals surface area (Å²) in [4.78, 5) is 18.5. The lowest BCUT2D eigenvalue weighted by Crippen LogP contribution is -2.20. The van der Waals surface area contributed by atoms with Gasteiger partial charge in [-0.3, -0.25) is 4.79 Å². The zero-order chi connectivity index (χ0) is 17.7. The van der Waals surface area contributed by atoms with Crippen LogP contribution in [0.3, 0.4) is 0 Å². The molecule has 1 N–H and O–H groups in total. The molecule has 5 nitrogen and oxygen atoms in total. The number of imidazole rings is 1. The van der Waals surface area contributed by atoms with Crippen LogP contribution in [-0.4, -0.2) is 25.5 Å². The molecule has 2 aromatic heterocycles. The Labute approximate surface area is 148 Å². The summed E-state index contributed by atoms with van der Waals surface area (Å²) in [5, 5.41) is 11.6. The molecule has 126 valence electrons. The van der Waals surface area contributed by atoms with Crippen molar-refractivity contribution in [2.75, 3.05) is 6.26 Å². The molecule has 0 aliphatic heterocycles.